The minimum atomic E-state index is -0.238. The third kappa shape index (κ3) is 6.11. The van der Waals surface area contributed by atoms with Crippen LogP contribution < -0.4 is 16.0 Å². The van der Waals surface area contributed by atoms with Crippen molar-refractivity contribution in [1.82, 2.24) is 15.2 Å². The van der Waals surface area contributed by atoms with Crippen LogP contribution in [0.4, 0.5) is 11.4 Å². The molecule has 2 amide bonds. The normalized spacial score (nSPS) is 16.7. The van der Waals surface area contributed by atoms with Crippen molar-refractivity contribution in [3.05, 3.63) is 125 Å². The largest absolute Gasteiger partial charge is 0.353 e. The molecule has 3 N–H and O–H groups in total. The molecular weight excluding hydrogens is 522 g/mol. The number of carbonyl (C=O) groups is 2. The summed E-state index contributed by atoms with van der Waals surface area (Å²) in [5, 5.41) is 9.58. The monoisotopic (exact) mass is 557 g/mol. The van der Waals surface area contributed by atoms with E-state index in [1.165, 1.54) is 24.8 Å². The number of hydrogen-bond acceptors (Lipinski definition) is 5. The number of fused-ring (bicyclic) bond motifs is 1. The van der Waals surface area contributed by atoms with Crippen molar-refractivity contribution in [1.29, 1.82) is 0 Å². The highest BCUT2D eigenvalue weighted by Gasteiger charge is 2.30. The number of pyridine rings is 1. The van der Waals surface area contributed by atoms with Crippen LogP contribution in [-0.4, -0.2) is 34.8 Å². The Hall–Kier alpha value is -4.75. The predicted octanol–water partition coefficient (Wildman–Crippen LogP) is 6.49. The quantitative estimate of drug-likeness (QED) is 0.216. The van der Waals surface area contributed by atoms with Gasteiger partial charge in [-0.1, -0.05) is 55.0 Å². The first kappa shape index (κ1) is 27.4. The molecule has 2 aliphatic heterocycles. The lowest BCUT2D eigenvalue weighted by molar-refractivity contribution is -0.110. The molecule has 6 rings (SSSR count). The van der Waals surface area contributed by atoms with Gasteiger partial charge in [-0.05, 0) is 86.4 Å². The molecule has 1 saturated heterocycles. The summed E-state index contributed by atoms with van der Waals surface area (Å²) in [6, 6.07) is 29.0. The Labute approximate surface area is 246 Å². The molecule has 0 radical (unpaired) electrons. The van der Waals surface area contributed by atoms with E-state index in [0.717, 1.165) is 30.9 Å². The molecule has 0 saturated carbocycles. The number of likely N-dealkylation sites (tertiary alicyclic amines) is 1. The van der Waals surface area contributed by atoms with Gasteiger partial charge in [-0.25, -0.2) is 0 Å². The summed E-state index contributed by atoms with van der Waals surface area (Å²) in [4.78, 5) is 33.8. The molecular formula is C35H35N5O2. The van der Waals surface area contributed by atoms with Gasteiger partial charge in [-0.2, -0.15) is 0 Å². The summed E-state index contributed by atoms with van der Waals surface area (Å²) < 4.78 is 0. The van der Waals surface area contributed by atoms with Gasteiger partial charge in [0.25, 0.3) is 11.8 Å². The van der Waals surface area contributed by atoms with Crippen molar-refractivity contribution in [2.75, 3.05) is 23.7 Å². The highest BCUT2D eigenvalue weighted by atomic mass is 16.2. The highest BCUT2D eigenvalue weighted by Crippen LogP contribution is 2.38. The Morgan fingerprint density at radius 2 is 1.74 bits per heavy atom. The minimum Gasteiger partial charge on any atom is -0.353 e. The second-order valence-corrected chi connectivity index (χ2v) is 10.9. The number of amides is 2. The summed E-state index contributed by atoms with van der Waals surface area (Å²) in [6.07, 6.45) is 5.51. The average molecular weight is 558 g/mol. The second-order valence-electron chi connectivity index (χ2n) is 10.9. The maximum Gasteiger partial charge on any atom is 0.258 e. The van der Waals surface area contributed by atoms with Crippen LogP contribution in [0.2, 0.25) is 0 Å². The number of hydrogen-bond donors (Lipinski definition) is 3. The molecule has 0 bridgehead atoms. The zero-order valence-electron chi connectivity index (χ0n) is 23.8. The van der Waals surface area contributed by atoms with Crippen LogP contribution in [0.25, 0.3) is 11.3 Å². The molecule has 212 valence electrons. The lowest BCUT2D eigenvalue weighted by atomic mass is 9.99. The van der Waals surface area contributed by atoms with E-state index in [4.69, 9.17) is 0 Å². The molecule has 7 nitrogen and oxygen atoms in total. The van der Waals surface area contributed by atoms with E-state index in [1.54, 1.807) is 24.4 Å². The van der Waals surface area contributed by atoms with Gasteiger partial charge < -0.3 is 16.0 Å². The van der Waals surface area contributed by atoms with E-state index >= 15 is 0 Å². The zero-order chi connectivity index (χ0) is 28.9. The van der Waals surface area contributed by atoms with Crippen molar-refractivity contribution < 1.29 is 9.59 Å². The number of nitrogens with zero attached hydrogens (tertiary/aromatic N) is 2. The number of benzene rings is 3. The SMILES string of the molecule is C[C@@H](NC(=O)c1ccc2c(c1)C(=C(Nc1cccc(CN3CCCCC3)c1)c1ccccn1)C(=O)N2)c1ccccc1. The van der Waals surface area contributed by atoms with Crippen LogP contribution in [0.3, 0.4) is 0 Å². The Kier molecular flexibility index (Phi) is 8.10. The van der Waals surface area contributed by atoms with Gasteiger partial charge in [0, 0.05) is 35.2 Å². The lowest BCUT2D eigenvalue weighted by Crippen LogP contribution is -2.29. The summed E-state index contributed by atoms with van der Waals surface area (Å²) in [7, 11) is 0. The number of piperidine rings is 1. The van der Waals surface area contributed by atoms with E-state index in [-0.39, 0.29) is 17.9 Å². The van der Waals surface area contributed by atoms with Crippen molar-refractivity contribution in [2.45, 2.75) is 38.8 Å². The smallest absolute Gasteiger partial charge is 0.258 e. The van der Waals surface area contributed by atoms with Crippen LogP contribution >= 0.6 is 0 Å². The van der Waals surface area contributed by atoms with Gasteiger partial charge in [0.15, 0.2) is 0 Å². The zero-order valence-corrected chi connectivity index (χ0v) is 23.8. The standard InChI is InChI=1S/C35H35N5O2/c1-24(26-12-4-2-5-13-26)37-34(41)27-16-17-30-29(22-27)32(35(42)39-30)33(31-15-6-7-18-36-31)38-28-14-10-11-25(21-28)23-40-19-8-3-9-20-40/h2,4-7,10-18,21-22,24,38H,3,8-9,19-20,23H2,1H3,(H,37,41)(H,39,42)/t24-/m1/s1. The fourth-order valence-electron chi connectivity index (χ4n) is 5.69. The van der Waals surface area contributed by atoms with Crippen LogP contribution in [-0.2, 0) is 11.3 Å². The minimum absolute atomic E-state index is 0.162. The van der Waals surface area contributed by atoms with E-state index < -0.39 is 0 Å². The van der Waals surface area contributed by atoms with Gasteiger partial charge >= 0.3 is 0 Å². The van der Waals surface area contributed by atoms with Crippen molar-refractivity contribution in [3.63, 3.8) is 0 Å². The van der Waals surface area contributed by atoms with Gasteiger partial charge in [-0.3, -0.25) is 19.5 Å². The first-order chi connectivity index (χ1) is 20.5. The van der Waals surface area contributed by atoms with Crippen LogP contribution in [0.1, 0.15) is 65.0 Å². The first-order valence-corrected chi connectivity index (χ1v) is 14.6. The van der Waals surface area contributed by atoms with Crippen LogP contribution in [0.5, 0.6) is 0 Å². The molecule has 0 unspecified atom stereocenters. The van der Waals surface area contributed by atoms with E-state index in [9.17, 15) is 9.59 Å². The maximum atomic E-state index is 13.5. The van der Waals surface area contributed by atoms with Crippen LogP contribution in [0, 0.1) is 0 Å². The number of rotatable bonds is 8. The Bertz CT molecular complexity index is 1610. The molecule has 3 heterocycles. The summed E-state index contributed by atoms with van der Waals surface area (Å²) in [6.45, 7) is 5.10. The molecule has 0 aliphatic carbocycles. The number of carbonyl (C=O) groups excluding carboxylic acids is 2. The predicted molar refractivity (Wildman–Crippen MR) is 168 cm³/mol. The molecule has 42 heavy (non-hydrogen) atoms. The topological polar surface area (TPSA) is 86.4 Å². The number of nitrogens with one attached hydrogen (secondary N) is 3. The number of aromatic nitrogens is 1. The summed E-state index contributed by atoms with van der Waals surface area (Å²) in [5.41, 5.74) is 6.62. The van der Waals surface area contributed by atoms with Crippen molar-refractivity contribution in [2.24, 2.45) is 0 Å². The molecule has 4 aromatic rings. The Morgan fingerprint density at radius 1 is 0.929 bits per heavy atom. The van der Waals surface area contributed by atoms with E-state index in [1.807, 2.05) is 67.6 Å². The Morgan fingerprint density at radius 3 is 2.52 bits per heavy atom. The van der Waals surface area contributed by atoms with Crippen LogP contribution in [0.15, 0.2) is 97.2 Å². The molecule has 0 spiro atoms. The average Bonchev–Trinajstić information content (AvgIpc) is 3.36. The molecule has 1 fully saturated rings. The molecule has 7 heteroatoms. The third-order valence-electron chi connectivity index (χ3n) is 7.90. The molecule has 1 aromatic heterocycles. The summed E-state index contributed by atoms with van der Waals surface area (Å²) in [5.74, 6) is -0.441. The van der Waals surface area contributed by atoms with E-state index in [2.05, 4.69) is 38.0 Å². The first-order valence-electron chi connectivity index (χ1n) is 14.6. The molecule has 2 aliphatic rings. The maximum absolute atomic E-state index is 13.5. The summed E-state index contributed by atoms with van der Waals surface area (Å²) >= 11 is 0. The van der Waals surface area contributed by atoms with Gasteiger partial charge in [0.1, 0.15) is 0 Å². The Balaban J connectivity index is 1.33. The van der Waals surface area contributed by atoms with Crippen molar-refractivity contribution in [3.8, 4) is 0 Å². The fraction of sp³-hybridized carbons (Fsp3) is 0.229. The van der Waals surface area contributed by atoms with E-state index in [0.29, 0.717) is 33.8 Å². The second kappa shape index (κ2) is 12.4. The van der Waals surface area contributed by atoms with Gasteiger partial charge in [0.05, 0.1) is 23.0 Å². The highest BCUT2D eigenvalue weighted by molar-refractivity contribution is 6.37. The third-order valence-corrected chi connectivity index (χ3v) is 7.90. The fourth-order valence-corrected chi connectivity index (χ4v) is 5.69. The van der Waals surface area contributed by atoms with Gasteiger partial charge in [-0.15, -0.1) is 0 Å². The molecule has 3 aromatic carbocycles. The number of anilines is 2. The van der Waals surface area contributed by atoms with Crippen molar-refractivity contribution >= 4 is 34.5 Å². The lowest BCUT2D eigenvalue weighted by Gasteiger charge is -2.26. The van der Waals surface area contributed by atoms with Gasteiger partial charge in [0.2, 0.25) is 0 Å². The molecule has 1 atom stereocenters.